The van der Waals surface area contributed by atoms with Gasteiger partial charge in [-0.05, 0) is 42.7 Å². The number of nitrogens with zero attached hydrogens (tertiary/aromatic N) is 1. The fourth-order valence-electron chi connectivity index (χ4n) is 2.88. The maximum atomic E-state index is 12.4. The Morgan fingerprint density at radius 2 is 1.56 bits per heavy atom. The molecule has 0 bridgehead atoms. The average Bonchev–Trinajstić information content (AvgIpc) is 2.82. The van der Waals surface area contributed by atoms with E-state index < -0.39 is 41.1 Å². The smallest absolute Gasteiger partial charge is 0.465 e. The highest BCUT2D eigenvalue weighted by Gasteiger charge is 2.26. The minimum absolute atomic E-state index is 0.0864. The second-order valence-electron chi connectivity index (χ2n) is 7.98. The van der Waals surface area contributed by atoms with Crippen LogP contribution in [0.5, 0.6) is 5.75 Å². The highest BCUT2D eigenvalue weighted by atomic mass is 16.7. The normalized spacial score (nSPS) is 12.1. The minimum atomic E-state index is -1.34. The summed E-state index contributed by atoms with van der Waals surface area (Å²) >= 11 is 0. The Balaban J connectivity index is 1.83. The molecule has 2 atom stereocenters. The summed E-state index contributed by atoms with van der Waals surface area (Å²) in [4.78, 5) is 57.5. The van der Waals surface area contributed by atoms with E-state index in [9.17, 15) is 29.3 Å². The number of nitro groups is 1. The monoisotopic (exact) mass is 502 g/mol. The highest BCUT2D eigenvalue weighted by molar-refractivity contribution is 5.98. The van der Waals surface area contributed by atoms with Crippen LogP contribution in [0.1, 0.15) is 26.3 Å². The second-order valence-corrected chi connectivity index (χ2v) is 7.98. The van der Waals surface area contributed by atoms with Gasteiger partial charge in [0.25, 0.3) is 5.69 Å². The average molecular weight is 502 g/mol. The van der Waals surface area contributed by atoms with Crippen molar-refractivity contribution in [3.8, 4) is 5.75 Å². The zero-order valence-electron chi connectivity index (χ0n) is 19.7. The molecule has 0 saturated heterocycles. The van der Waals surface area contributed by atoms with Crippen LogP contribution in [0.15, 0.2) is 48.5 Å². The molecule has 0 saturated carbocycles. The summed E-state index contributed by atoms with van der Waals surface area (Å²) in [7, 11) is 0. The molecule has 2 aromatic carbocycles. The van der Waals surface area contributed by atoms with Crippen molar-refractivity contribution >= 4 is 35.4 Å². The highest BCUT2D eigenvalue weighted by Crippen LogP contribution is 2.18. The van der Waals surface area contributed by atoms with E-state index >= 15 is 0 Å². The molecule has 0 aromatic heterocycles. The van der Waals surface area contributed by atoms with E-state index in [1.54, 1.807) is 38.1 Å². The predicted molar refractivity (Wildman–Crippen MR) is 126 cm³/mol. The molecule has 192 valence electrons. The molecule has 2 aromatic rings. The van der Waals surface area contributed by atoms with E-state index in [0.717, 1.165) is 0 Å². The molecule has 2 rings (SSSR count). The molecule has 0 aliphatic carbocycles. The predicted octanol–water partition coefficient (Wildman–Crippen LogP) is 3.05. The second kappa shape index (κ2) is 12.7. The van der Waals surface area contributed by atoms with Crippen LogP contribution in [0.25, 0.3) is 0 Å². The van der Waals surface area contributed by atoms with Crippen LogP contribution in [-0.4, -0.2) is 46.2 Å². The molecule has 13 heteroatoms. The van der Waals surface area contributed by atoms with Gasteiger partial charge >= 0.3 is 12.2 Å². The molecule has 0 aliphatic heterocycles. The Morgan fingerprint density at radius 1 is 0.944 bits per heavy atom. The number of carbonyl (C=O) groups excluding carboxylic acids is 3. The topological polar surface area (TPSA) is 186 Å². The van der Waals surface area contributed by atoms with E-state index in [-0.39, 0.29) is 24.0 Å². The Labute approximate surface area is 205 Å². The van der Waals surface area contributed by atoms with Crippen molar-refractivity contribution in [1.29, 1.82) is 0 Å². The van der Waals surface area contributed by atoms with Gasteiger partial charge in [0.2, 0.25) is 11.8 Å². The van der Waals surface area contributed by atoms with Crippen molar-refractivity contribution in [2.75, 3.05) is 5.32 Å². The Morgan fingerprint density at radius 3 is 2.08 bits per heavy atom. The third kappa shape index (κ3) is 8.59. The number of nitro benzene ring substituents is 1. The van der Waals surface area contributed by atoms with Crippen molar-refractivity contribution in [3.05, 3.63) is 64.2 Å². The standard InChI is InChI=1S/C23H26N4O9/c1-13(2)19(26-22(30)31)21(29)24-14(3)20(28)25-16-6-4-15(5-7-16)12-35-23(32)36-18-10-8-17(9-11-18)27(33)34/h4-11,13-14,19,26H,12H2,1-3H3,(H,24,29)(H,25,28)(H,30,31). The lowest BCUT2D eigenvalue weighted by atomic mass is 10.0. The van der Waals surface area contributed by atoms with E-state index in [1.165, 1.54) is 31.2 Å². The molecule has 0 spiro atoms. The first-order valence-electron chi connectivity index (χ1n) is 10.7. The number of anilines is 1. The lowest BCUT2D eigenvalue weighted by Crippen LogP contribution is -2.53. The summed E-state index contributed by atoms with van der Waals surface area (Å²) in [5, 5.41) is 26.7. The van der Waals surface area contributed by atoms with Gasteiger partial charge in [-0.25, -0.2) is 9.59 Å². The van der Waals surface area contributed by atoms with Crippen molar-refractivity contribution < 1.29 is 38.7 Å². The number of ether oxygens (including phenoxy) is 2. The van der Waals surface area contributed by atoms with Crippen molar-refractivity contribution in [3.63, 3.8) is 0 Å². The van der Waals surface area contributed by atoms with E-state index in [1.807, 2.05) is 0 Å². The third-order valence-corrected chi connectivity index (χ3v) is 4.81. The van der Waals surface area contributed by atoms with E-state index in [4.69, 9.17) is 14.6 Å². The van der Waals surface area contributed by atoms with Crippen LogP contribution in [-0.2, 0) is 20.9 Å². The largest absolute Gasteiger partial charge is 0.514 e. The first kappa shape index (κ1) is 27.6. The quantitative estimate of drug-likeness (QED) is 0.164. The molecule has 0 heterocycles. The summed E-state index contributed by atoms with van der Waals surface area (Å²) in [6.07, 6.45) is -2.34. The molecule has 4 N–H and O–H groups in total. The van der Waals surface area contributed by atoms with Gasteiger partial charge in [0.05, 0.1) is 4.92 Å². The van der Waals surface area contributed by atoms with Gasteiger partial charge in [0.1, 0.15) is 24.4 Å². The molecule has 0 radical (unpaired) electrons. The third-order valence-electron chi connectivity index (χ3n) is 4.81. The van der Waals surface area contributed by atoms with Gasteiger partial charge in [-0.15, -0.1) is 0 Å². The lowest BCUT2D eigenvalue weighted by Gasteiger charge is -2.22. The van der Waals surface area contributed by atoms with Gasteiger partial charge in [0, 0.05) is 17.8 Å². The number of rotatable bonds is 10. The fourth-order valence-corrected chi connectivity index (χ4v) is 2.88. The molecule has 2 unspecified atom stereocenters. The molecule has 13 nitrogen and oxygen atoms in total. The van der Waals surface area contributed by atoms with Gasteiger partial charge in [0.15, 0.2) is 0 Å². The first-order chi connectivity index (χ1) is 17.0. The number of nitrogens with one attached hydrogen (secondary N) is 3. The van der Waals surface area contributed by atoms with Gasteiger partial charge in [-0.1, -0.05) is 26.0 Å². The molecule has 36 heavy (non-hydrogen) atoms. The summed E-state index contributed by atoms with van der Waals surface area (Å²) < 4.78 is 9.95. The number of hydrogen-bond donors (Lipinski definition) is 4. The number of hydrogen-bond acceptors (Lipinski definition) is 8. The van der Waals surface area contributed by atoms with Crippen molar-refractivity contribution in [1.82, 2.24) is 10.6 Å². The molecule has 0 aliphatic rings. The van der Waals surface area contributed by atoms with Crippen LogP contribution in [0.4, 0.5) is 21.0 Å². The number of amides is 3. The zero-order valence-corrected chi connectivity index (χ0v) is 19.7. The van der Waals surface area contributed by atoms with E-state index in [0.29, 0.717) is 11.3 Å². The molecular formula is C23H26N4O9. The Hall–Kier alpha value is -4.68. The van der Waals surface area contributed by atoms with Gasteiger partial charge < -0.3 is 30.5 Å². The molecular weight excluding hydrogens is 476 g/mol. The first-order valence-corrected chi connectivity index (χ1v) is 10.7. The molecule has 3 amide bonds. The van der Waals surface area contributed by atoms with Crippen LogP contribution in [0.3, 0.4) is 0 Å². The summed E-state index contributed by atoms with van der Waals surface area (Å²) in [6, 6.07) is 9.31. The minimum Gasteiger partial charge on any atom is -0.465 e. The Kier molecular flexibility index (Phi) is 9.72. The number of non-ortho nitro benzene ring substituents is 1. The van der Waals surface area contributed by atoms with Crippen LogP contribution in [0.2, 0.25) is 0 Å². The maximum absolute atomic E-state index is 12.4. The molecule has 0 fully saturated rings. The zero-order chi connectivity index (χ0) is 26.8. The van der Waals surface area contributed by atoms with Crippen molar-refractivity contribution in [2.24, 2.45) is 5.92 Å². The lowest BCUT2D eigenvalue weighted by molar-refractivity contribution is -0.384. The van der Waals surface area contributed by atoms with E-state index in [2.05, 4.69) is 16.0 Å². The van der Waals surface area contributed by atoms with Gasteiger partial charge in [-0.2, -0.15) is 0 Å². The number of carboxylic acid groups (broad SMARTS) is 1. The maximum Gasteiger partial charge on any atom is 0.514 e. The number of carbonyl (C=O) groups is 4. The Bertz CT molecular complexity index is 1100. The van der Waals surface area contributed by atoms with Crippen LogP contribution >= 0.6 is 0 Å². The SMILES string of the molecule is CC(NC(=O)C(NC(=O)O)C(C)C)C(=O)Nc1ccc(COC(=O)Oc2ccc([N+](=O)[O-])cc2)cc1. The van der Waals surface area contributed by atoms with Crippen LogP contribution in [0, 0.1) is 16.0 Å². The summed E-state index contributed by atoms with van der Waals surface area (Å²) in [5.74, 6) is -1.37. The van der Waals surface area contributed by atoms with Crippen molar-refractivity contribution in [2.45, 2.75) is 39.5 Å². The van der Waals surface area contributed by atoms with Gasteiger partial charge in [-0.3, -0.25) is 19.7 Å². The fraction of sp³-hybridized carbons (Fsp3) is 0.304. The number of benzene rings is 2. The van der Waals surface area contributed by atoms with Crippen LogP contribution < -0.4 is 20.7 Å². The summed E-state index contributed by atoms with van der Waals surface area (Å²) in [6.45, 7) is 4.68. The summed E-state index contributed by atoms with van der Waals surface area (Å²) in [5.41, 5.74) is 0.867.